The predicted octanol–water partition coefficient (Wildman–Crippen LogP) is 2.33. The maximum Gasteiger partial charge on any atom is 0.237 e. The Kier molecular flexibility index (Phi) is 6.52. The summed E-state index contributed by atoms with van der Waals surface area (Å²) < 4.78 is 6.01. The van der Waals surface area contributed by atoms with Gasteiger partial charge in [0.25, 0.3) is 0 Å². The Morgan fingerprint density at radius 3 is 2.33 bits per heavy atom. The van der Waals surface area contributed by atoms with Gasteiger partial charge in [-0.3, -0.25) is 9.59 Å². The van der Waals surface area contributed by atoms with Crippen molar-refractivity contribution in [3.63, 3.8) is 0 Å². The smallest absolute Gasteiger partial charge is 0.237 e. The molecule has 1 amide bonds. The van der Waals surface area contributed by atoms with Crippen LogP contribution in [0.1, 0.15) is 15.9 Å². The Morgan fingerprint density at radius 1 is 1.12 bits per heavy atom. The highest BCUT2D eigenvalue weighted by atomic mass is 79.9. The number of nitrogens with one attached hydrogen (secondary N) is 1. The van der Waals surface area contributed by atoms with Crippen molar-refractivity contribution < 1.29 is 14.3 Å². The van der Waals surface area contributed by atoms with Gasteiger partial charge in [0.2, 0.25) is 5.91 Å². The van der Waals surface area contributed by atoms with Gasteiger partial charge >= 0.3 is 0 Å². The van der Waals surface area contributed by atoms with Gasteiger partial charge in [0.15, 0.2) is 5.78 Å². The van der Waals surface area contributed by atoms with E-state index in [1.807, 2.05) is 24.3 Å². The molecule has 0 saturated carbocycles. The molecule has 5 nitrogen and oxygen atoms in total. The lowest BCUT2D eigenvalue weighted by Crippen LogP contribution is -2.43. The molecule has 0 aliphatic carbocycles. The van der Waals surface area contributed by atoms with E-state index in [4.69, 9.17) is 10.5 Å². The Balaban J connectivity index is 1.84. The first-order valence-corrected chi connectivity index (χ1v) is 8.24. The fourth-order valence-corrected chi connectivity index (χ4v) is 2.41. The van der Waals surface area contributed by atoms with E-state index in [9.17, 15) is 9.59 Å². The van der Waals surface area contributed by atoms with E-state index in [0.717, 1.165) is 10.0 Å². The third-order valence-electron chi connectivity index (χ3n) is 3.54. The van der Waals surface area contributed by atoms with Crippen molar-refractivity contribution in [2.75, 3.05) is 13.7 Å². The Bertz CT molecular complexity index is 699. The van der Waals surface area contributed by atoms with Gasteiger partial charge in [0.1, 0.15) is 5.75 Å². The van der Waals surface area contributed by atoms with E-state index in [0.29, 0.717) is 17.7 Å². The van der Waals surface area contributed by atoms with Gasteiger partial charge in [-0.25, -0.2) is 0 Å². The van der Waals surface area contributed by atoms with Gasteiger partial charge in [-0.1, -0.05) is 28.1 Å². The van der Waals surface area contributed by atoms with E-state index in [1.54, 1.807) is 31.4 Å². The predicted molar refractivity (Wildman–Crippen MR) is 96.2 cm³/mol. The minimum absolute atomic E-state index is 0.0841. The van der Waals surface area contributed by atoms with E-state index in [1.165, 1.54) is 0 Å². The van der Waals surface area contributed by atoms with Crippen LogP contribution in [0.25, 0.3) is 0 Å². The zero-order valence-corrected chi connectivity index (χ0v) is 14.9. The third-order valence-corrected chi connectivity index (χ3v) is 4.07. The number of ether oxygens (including phenoxy) is 1. The van der Waals surface area contributed by atoms with Gasteiger partial charge in [0.05, 0.1) is 19.7 Å². The molecule has 0 radical (unpaired) electrons. The van der Waals surface area contributed by atoms with Gasteiger partial charge in [-0.05, 0) is 48.4 Å². The summed E-state index contributed by atoms with van der Waals surface area (Å²) >= 11 is 3.36. The van der Waals surface area contributed by atoms with E-state index in [-0.39, 0.29) is 18.2 Å². The van der Waals surface area contributed by atoms with Crippen LogP contribution < -0.4 is 15.8 Å². The molecule has 2 aromatic carbocycles. The summed E-state index contributed by atoms with van der Waals surface area (Å²) in [6, 6.07) is 13.6. The summed E-state index contributed by atoms with van der Waals surface area (Å²) in [7, 11) is 1.56. The lowest BCUT2D eigenvalue weighted by molar-refractivity contribution is -0.122. The third kappa shape index (κ3) is 5.18. The molecular weight excluding hydrogens is 372 g/mol. The molecule has 0 saturated heterocycles. The largest absolute Gasteiger partial charge is 0.497 e. The van der Waals surface area contributed by atoms with Crippen LogP contribution in [0.2, 0.25) is 0 Å². The van der Waals surface area contributed by atoms with Gasteiger partial charge in [0, 0.05) is 10.0 Å². The summed E-state index contributed by atoms with van der Waals surface area (Å²) in [5, 5.41) is 2.59. The molecule has 0 heterocycles. The van der Waals surface area contributed by atoms with Crippen molar-refractivity contribution in [1.82, 2.24) is 5.32 Å². The number of benzene rings is 2. The fourth-order valence-electron chi connectivity index (χ4n) is 2.14. The first-order valence-electron chi connectivity index (χ1n) is 7.44. The minimum Gasteiger partial charge on any atom is -0.497 e. The highest BCUT2D eigenvalue weighted by molar-refractivity contribution is 9.10. The molecule has 6 heteroatoms. The quantitative estimate of drug-likeness (QED) is 0.710. The average Bonchev–Trinajstić information content (AvgIpc) is 2.61. The van der Waals surface area contributed by atoms with E-state index >= 15 is 0 Å². The summed E-state index contributed by atoms with van der Waals surface area (Å²) in [4.78, 5) is 24.1. The zero-order chi connectivity index (χ0) is 17.5. The summed E-state index contributed by atoms with van der Waals surface area (Å²) in [6.07, 6.45) is 0.413. The average molecular weight is 391 g/mol. The second-order valence-electron chi connectivity index (χ2n) is 5.31. The number of amides is 1. The number of hydrogen-bond acceptors (Lipinski definition) is 4. The summed E-state index contributed by atoms with van der Waals surface area (Å²) in [6.45, 7) is -0.0841. The normalized spacial score (nSPS) is 11.6. The van der Waals surface area contributed by atoms with Crippen molar-refractivity contribution in [2.24, 2.45) is 5.73 Å². The maximum atomic E-state index is 12.1. The Hall–Kier alpha value is -2.18. The second-order valence-corrected chi connectivity index (χ2v) is 6.22. The van der Waals surface area contributed by atoms with Crippen LogP contribution in [0.15, 0.2) is 53.0 Å². The van der Waals surface area contributed by atoms with Crippen LogP contribution in [-0.4, -0.2) is 31.4 Å². The number of halogens is 1. The van der Waals surface area contributed by atoms with Gasteiger partial charge in [-0.15, -0.1) is 0 Å². The van der Waals surface area contributed by atoms with E-state index in [2.05, 4.69) is 21.2 Å². The molecule has 2 rings (SSSR count). The fraction of sp³-hybridized carbons (Fsp3) is 0.222. The minimum atomic E-state index is -0.699. The van der Waals surface area contributed by atoms with Crippen LogP contribution in [0.3, 0.4) is 0 Å². The number of carbonyl (C=O) groups excluding carboxylic acids is 2. The molecule has 24 heavy (non-hydrogen) atoms. The number of nitrogens with two attached hydrogens (primary N) is 1. The van der Waals surface area contributed by atoms with Crippen molar-refractivity contribution in [1.29, 1.82) is 0 Å². The van der Waals surface area contributed by atoms with Gasteiger partial charge in [-0.2, -0.15) is 0 Å². The second kappa shape index (κ2) is 8.61. The van der Waals surface area contributed by atoms with Crippen molar-refractivity contribution in [3.05, 3.63) is 64.1 Å². The maximum absolute atomic E-state index is 12.1. The standard InChI is InChI=1S/C18H19BrN2O3/c1-24-15-8-4-13(5-9-15)17(22)11-21-18(23)16(20)10-12-2-6-14(19)7-3-12/h2-9,16H,10-11,20H2,1H3,(H,21,23)/t16-/m0/s1. The molecule has 0 aliphatic rings. The molecule has 0 unspecified atom stereocenters. The molecule has 126 valence electrons. The van der Waals surface area contributed by atoms with Crippen molar-refractivity contribution in [2.45, 2.75) is 12.5 Å². The molecule has 0 fully saturated rings. The monoisotopic (exact) mass is 390 g/mol. The van der Waals surface area contributed by atoms with Crippen LogP contribution in [0.4, 0.5) is 0 Å². The zero-order valence-electron chi connectivity index (χ0n) is 13.3. The molecule has 0 aromatic heterocycles. The Morgan fingerprint density at radius 2 is 1.75 bits per heavy atom. The number of carbonyl (C=O) groups is 2. The molecule has 0 aliphatic heterocycles. The number of rotatable bonds is 7. The first-order chi connectivity index (χ1) is 11.5. The molecule has 0 spiro atoms. The highest BCUT2D eigenvalue weighted by Crippen LogP contribution is 2.12. The van der Waals surface area contributed by atoms with Gasteiger partial charge < -0.3 is 15.8 Å². The number of hydrogen-bond donors (Lipinski definition) is 2. The van der Waals surface area contributed by atoms with E-state index < -0.39 is 6.04 Å². The van der Waals surface area contributed by atoms with Crippen LogP contribution in [0, 0.1) is 0 Å². The number of methoxy groups -OCH3 is 1. The summed E-state index contributed by atoms with van der Waals surface area (Å²) in [5.74, 6) is 0.147. The molecular formula is C18H19BrN2O3. The molecule has 2 aromatic rings. The van der Waals surface area contributed by atoms with Crippen molar-refractivity contribution >= 4 is 27.6 Å². The lowest BCUT2D eigenvalue weighted by Gasteiger charge is -2.12. The number of Topliss-reactive ketones (excluding diaryl/α,β-unsaturated/α-hetero) is 1. The summed E-state index contributed by atoms with van der Waals surface area (Å²) in [5.41, 5.74) is 7.37. The van der Waals surface area contributed by atoms with Crippen LogP contribution in [0.5, 0.6) is 5.75 Å². The van der Waals surface area contributed by atoms with Crippen LogP contribution >= 0.6 is 15.9 Å². The molecule has 3 N–H and O–H groups in total. The molecule has 0 bridgehead atoms. The lowest BCUT2D eigenvalue weighted by atomic mass is 10.1. The number of ketones is 1. The Labute approximate surface area is 149 Å². The van der Waals surface area contributed by atoms with Crippen LogP contribution in [-0.2, 0) is 11.2 Å². The first kappa shape index (κ1) is 18.2. The molecule has 1 atom stereocenters. The van der Waals surface area contributed by atoms with Crippen molar-refractivity contribution in [3.8, 4) is 5.75 Å². The topological polar surface area (TPSA) is 81.4 Å². The highest BCUT2D eigenvalue weighted by Gasteiger charge is 2.15. The SMILES string of the molecule is COc1ccc(C(=O)CNC(=O)[C@@H](N)Cc2ccc(Br)cc2)cc1.